The molecular formula is C19H24N4O. The molecule has 2 heterocycles. The van der Waals surface area contributed by atoms with Crippen molar-refractivity contribution in [3.8, 4) is 0 Å². The summed E-state index contributed by atoms with van der Waals surface area (Å²) in [4.78, 5) is 21.1. The third-order valence-electron chi connectivity index (χ3n) is 4.33. The van der Waals surface area contributed by atoms with Crippen LogP contribution in [0.1, 0.15) is 12.5 Å². The molecule has 1 fully saturated rings. The number of carbonyl (C=O) groups excluding carboxylic acids is 1. The standard InChI is InChI=1S/C19H24N4O/c1-16(21-18-9-5-6-10-20-18)19(24)23-13-11-22(12-14-23)15-17-7-3-2-4-8-17/h2-10,16H,11-15H2,1H3,(H,20,21)/t16-/m0/s1. The number of nitrogens with one attached hydrogen (secondary N) is 1. The molecule has 0 radical (unpaired) electrons. The molecule has 0 spiro atoms. The minimum atomic E-state index is -0.263. The van der Waals surface area contributed by atoms with E-state index in [2.05, 4.69) is 39.5 Å². The lowest BCUT2D eigenvalue weighted by atomic mass is 10.2. The lowest BCUT2D eigenvalue weighted by molar-refractivity contribution is -0.133. The molecule has 0 bridgehead atoms. The fraction of sp³-hybridized carbons (Fsp3) is 0.368. The zero-order chi connectivity index (χ0) is 16.8. The first kappa shape index (κ1) is 16.5. The number of benzene rings is 1. The van der Waals surface area contributed by atoms with Crippen molar-refractivity contribution in [2.45, 2.75) is 19.5 Å². The SMILES string of the molecule is C[C@H](Nc1ccccn1)C(=O)N1CCN(Cc2ccccc2)CC1. The van der Waals surface area contributed by atoms with Crippen molar-refractivity contribution in [3.63, 3.8) is 0 Å². The van der Waals surface area contributed by atoms with E-state index in [1.54, 1.807) is 6.20 Å². The second-order valence-corrected chi connectivity index (χ2v) is 6.17. The summed E-state index contributed by atoms with van der Waals surface area (Å²) < 4.78 is 0. The van der Waals surface area contributed by atoms with Crippen molar-refractivity contribution >= 4 is 11.7 Å². The molecule has 1 atom stereocenters. The van der Waals surface area contributed by atoms with Gasteiger partial charge < -0.3 is 10.2 Å². The summed E-state index contributed by atoms with van der Waals surface area (Å²) in [5.74, 6) is 0.876. The molecule has 1 aliphatic rings. The van der Waals surface area contributed by atoms with E-state index in [0.717, 1.165) is 38.5 Å². The Morgan fingerprint density at radius 2 is 1.79 bits per heavy atom. The molecule has 0 unspecified atom stereocenters. The molecule has 0 saturated carbocycles. The number of piperazine rings is 1. The van der Waals surface area contributed by atoms with Gasteiger partial charge in [-0.15, -0.1) is 0 Å². The van der Waals surface area contributed by atoms with Crippen LogP contribution in [0, 0.1) is 0 Å². The van der Waals surface area contributed by atoms with Crippen LogP contribution in [0.3, 0.4) is 0 Å². The second-order valence-electron chi connectivity index (χ2n) is 6.17. The van der Waals surface area contributed by atoms with Crippen molar-refractivity contribution in [2.24, 2.45) is 0 Å². The van der Waals surface area contributed by atoms with Gasteiger partial charge in [0.05, 0.1) is 0 Å². The fourth-order valence-electron chi connectivity index (χ4n) is 2.97. The Bertz CT molecular complexity index is 639. The number of aromatic nitrogens is 1. The number of hydrogen-bond donors (Lipinski definition) is 1. The molecule has 1 saturated heterocycles. The van der Waals surface area contributed by atoms with E-state index in [1.165, 1.54) is 5.56 Å². The van der Waals surface area contributed by atoms with E-state index in [4.69, 9.17) is 0 Å². The summed E-state index contributed by atoms with van der Waals surface area (Å²) in [5.41, 5.74) is 1.32. The van der Waals surface area contributed by atoms with Crippen molar-refractivity contribution in [3.05, 3.63) is 60.3 Å². The topological polar surface area (TPSA) is 48.5 Å². The highest BCUT2D eigenvalue weighted by Gasteiger charge is 2.24. The van der Waals surface area contributed by atoms with Gasteiger partial charge in [-0.1, -0.05) is 36.4 Å². The number of pyridine rings is 1. The maximum absolute atomic E-state index is 12.6. The van der Waals surface area contributed by atoms with Crippen LogP contribution >= 0.6 is 0 Å². The number of anilines is 1. The summed E-state index contributed by atoms with van der Waals surface area (Å²) in [6.45, 7) is 6.23. The monoisotopic (exact) mass is 324 g/mol. The van der Waals surface area contributed by atoms with E-state index < -0.39 is 0 Å². The van der Waals surface area contributed by atoms with Crippen molar-refractivity contribution in [1.82, 2.24) is 14.8 Å². The molecule has 1 aliphatic heterocycles. The summed E-state index contributed by atoms with van der Waals surface area (Å²) in [6.07, 6.45) is 1.72. The predicted molar refractivity (Wildman–Crippen MR) is 95.6 cm³/mol. The normalized spacial score (nSPS) is 16.6. The van der Waals surface area contributed by atoms with Crippen LogP contribution < -0.4 is 5.32 Å². The first-order valence-corrected chi connectivity index (χ1v) is 8.45. The minimum absolute atomic E-state index is 0.139. The first-order chi connectivity index (χ1) is 11.7. The zero-order valence-electron chi connectivity index (χ0n) is 14.1. The molecule has 0 aliphatic carbocycles. The molecule has 24 heavy (non-hydrogen) atoms. The highest BCUT2D eigenvalue weighted by Crippen LogP contribution is 2.11. The van der Waals surface area contributed by atoms with Gasteiger partial charge in [0.1, 0.15) is 11.9 Å². The largest absolute Gasteiger partial charge is 0.359 e. The Morgan fingerprint density at radius 3 is 2.46 bits per heavy atom. The van der Waals surface area contributed by atoms with Gasteiger partial charge in [0.2, 0.25) is 5.91 Å². The number of hydrogen-bond acceptors (Lipinski definition) is 4. The van der Waals surface area contributed by atoms with Crippen molar-refractivity contribution < 1.29 is 4.79 Å². The summed E-state index contributed by atoms with van der Waals surface area (Å²) in [6, 6.07) is 15.9. The van der Waals surface area contributed by atoms with Gasteiger partial charge in [-0.05, 0) is 24.6 Å². The fourth-order valence-corrected chi connectivity index (χ4v) is 2.97. The van der Waals surface area contributed by atoms with Crippen LogP contribution in [0.2, 0.25) is 0 Å². The summed E-state index contributed by atoms with van der Waals surface area (Å²) in [7, 11) is 0. The lowest BCUT2D eigenvalue weighted by Crippen LogP contribution is -2.51. The molecule has 5 heteroatoms. The molecule has 1 N–H and O–H groups in total. The molecule has 5 nitrogen and oxygen atoms in total. The first-order valence-electron chi connectivity index (χ1n) is 8.45. The van der Waals surface area contributed by atoms with Crippen LogP contribution in [0.15, 0.2) is 54.7 Å². The Balaban J connectivity index is 1.48. The van der Waals surface area contributed by atoms with Crippen LogP contribution in [0.5, 0.6) is 0 Å². The summed E-state index contributed by atoms with van der Waals surface area (Å²) in [5, 5.41) is 3.17. The number of rotatable bonds is 5. The second kappa shape index (κ2) is 7.93. The smallest absolute Gasteiger partial charge is 0.244 e. The maximum atomic E-state index is 12.6. The zero-order valence-corrected chi connectivity index (χ0v) is 14.1. The number of amides is 1. The van der Waals surface area contributed by atoms with Gasteiger partial charge in [-0.25, -0.2) is 4.98 Å². The Hall–Kier alpha value is -2.40. The molecule has 126 valence electrons. The Morgan fingerprint density at radius 1 is 1.08 bits per heavy atom. The van der Waals surface area contributed by atoms with Gasteiger partial charge >= 0.3 is 0 Å². The Kier molecular flexibility index (Phi) is 5.43. The van der Waals surface area contributed by atoms with Crippen LogP contribution in [-0.4, -0.2) is 52.9 Å². The van der Waals surface area contributed by atoms with E-state index in [9.17, 15) is 4.79 Å². The lowest BCUT2D eigenvalue weighted by Gasteiger charge is -2.36. The van der Waals surface area contributed by atoms with E-state index in [-0.39, 0.29) is 11.9 Å². The third kappa shape index (κ3) is 4.32. The van der Waals surface area contributed by atoms with Crippen LogP contribution in [-0.2, 0) is 11.3 Å². The average Bonchev–Trinajstić information content (AvgIpc) is 2.63. The van der Waals surface area contributed by atoms with Crippen molar-refractivity contribution in [1.29, 1.82) is 0 Å². The summed E-state index contributed by atoms with van der Waals surface area (Å²) >= 11 is 0. The molecule has 3 rings (SSSR count). The highest BCUT2D eigenvalue weighted by atomic mass is 16.2. The highest BCUT2D eigenvalue weighted by molar-refractivity contribution is 5.84. The predicted octanol–water partition coefficient (Wildman–Crippen LogP) is 2.23. The van der Waals surface area contributed by atoms with Crippen molar-refractivity contribution in [2.75, 3.05) is 31.5 Å². The van der Waals surface area contributed by atoms with Gasteiger partial charge in [-0.3, -0.25) is 9.69 Å². The maximum Gasteiger partial charge on any atom is 0.244 e. The van der Waals surface area contributed by atoms with E-state index in [0.29, 0.717) is 0 Å². The molecule has 1 aromatic carbocycles. The minimum Gasteiger partial charge on any atom is -0.359 e. The molecule has 2 aromatic rings. The number of carbonyl (C=O) groups is 1. The molecule has 1 aromatic heterocycles. The van der Waals surface area contributed by atoms with E-state index in [1.807, 2.05) is 36.1 Å². The molecule has 1 amide bonds. The third-order valence-corrected chi connectivity index (χ3v) is 4.33. The van der Waals surface area contributed by atoms with Gasteiger partial charge in [-0.2, -0.15) is 0 Å². The van der Waals surface area contributed by atoms with Gasteiger partial charge in [0, 0.05) is 38.9 Å². The Labute approximate surface area is 143 Å². The van der Waals surface area contributed by atoms with Crippen LogP contribution in [0.4, 0.5) is 5.82 Å². The van der Waals surface area contributed by atoms with Gasteiger partial charge in [0.15, 0.2) is 0 Å². The van der Waals surface area contributed by atoms with Crippen LogP contribution in [0.25, 0.3) is 0 Å². The quantitative estimate of drug-likeness (QED) is 0.916. The molecular weight excluding hydrogens is 300 g/mol. The number of nitrogens with zero attached hydrogens (tertiary/aromatic N) is 3. The van der Waals surface area contributed by atoms with Gasteiger partial charge in [0.25, 0.3) is 0 Å². The average molecular weight is 324 g/mol. The van der Waals surface area contributed by atoms with E-state index >= 15 is 0 Å².